The summed E-state index contributed by atoms with van der Waals surface area (Å²) in [5, 5.41) is 9.25. The van der Waals surface area contributed by atoms with Gasteiger partial charge in [-0.2, -0.15) is 5.26 Å². The third-order valence-electron chi connectivity index (χ3n) is 3.87. The van der Waals surface area contributed by atoms with Gasteiger partial charge in [0.2, 0.25) is 0 Å². The Hall–Kier alpha value is -1.63. The number of nitrogens with zero attached hydrogens (tertiary/aromatic N) is 2. The standard InChI is InChI=1S/C18H17ClN2S/c1-18(2,3)13-6-4-11(5-7-13)15-8-14-16(22-15)12(9-20)10-21-17(14)19/h4-8,10,12,17H,1-3H3. The molecular weight excluding hydrogens is 312 g/mol. The van der Waals surface area contributed by atoms with E-state index in [1.165, 1.54) is 5.56 Å². The number of fused-ring (bicyclic) bond motifs is 1. The van der Waals surface area contributed by atoms with Crippen molar-refractivity contribution >= 4 is 29.2 Å². The highest BCUT2D eigenvalue weighted by molar-refractivity contribution is 7.16. The Labute approximate surface area is 140 Å². The van der Waals surface area contributed by atoms with Gasteiger partial charge in [-0.25, -0.2) is 0 Å². The molecule has 1 aromatic carbocycles. The first kappa shape index (κ1) is 15.3. The number of benzene rings is 1. The van der Waals surface area contributed by atoms with E-state index in [-0.39, 0.29) is 16.8 Å². The molecule has 0 radical (unpaired) electrons. The molecule has 2 unspecified atom stereocenters. The molecule has 2 atom stereocenters. The number of aliphatic imine (C=N–C) groups is 1. The molecule has 0 saturated heterocycles. The number of hydrogen-bond acceptors (Lipinski definition) is 3. The summed E-state index contributed by atoms with van der Waals surface area (Å²) in [4.78, 5) is 6.36. The summed E-state index contributed by atoms with van der Waals surface area (Å²) in [6, 6.07) is 13.0. The molecule has 22 heavy (non-hydrogen) atoms. The highest BCUT2D eigenvalue weighted by atomic mass is 35.5. The summed E-state index contributed by atoms with van der Waals surface area (Å²) >= 11 is 7.89. The molecule has 3 rings (SSSR count). The maximum Gasteiger partial charge on any atom is 0.149 e. The molecule has 2 heterocycles. The number of halogens is 1. The van der Waals surface area contributed by atoms with Crippen LogP contribution in [0.3, 0.4) is 0 Å². The fraction of sp³-hybridized carbons (Fsp3) is 0.333. The van der Waals surface area contributed by atoms with Crippen molar-refractivity contribution in [2.75, 3.05) is 0 Å². The lowest BCUT2D eigenvalue weighted by atomic mass is 9.86. The maximum atomic E-state index is 9.25. The van der Waals surface area contributed by atoms with Crippen LogP contribution in [0.4, 0.5) is 0 Å². The second-order valence-corrected chi connectivity index (χ2v) is 8.00. The Balaban J connectivity index is 1.99. The summed E-state index contributed by atoms with van der Waals surface area (Å²) in [7, 11) is 0. The van der Waals surface area contributed by atoms with E-state index < -0.39 is 0 Å². The molecule has 112 valence electrons. The molecule has 2 aromatic rings. The molecule has 1 aliphatic rings. The average molecular weight is 329 g/mol. The summed E-state index contributed by atoms with van der Waals surface area (Å²) in [6.45, 7) is 6.62. The number of rotatable bonds is 1. The van der Waals surface area contributed by atoms with Crippen LogP contribution in [0.5, 0.6) is 0 Å². The fourth-order valence-electron chi connectivity index (χ4n) is 2.53. The zero-order valence-electron chi connectivity index (χ0n) is 12.8. The van der Waals surface area contributed by atoms with Gasteiger partial charge in [0.25, 0.3) is 0 Å². The minimum Gasteiger partial charge on any atom is -0.271 e. The highest BCUT2D eigenvalue weighted by Gasteiger charge is 2.26. The SMILES string of the molecule is CC(C)(C)c1ccc(-c2cc3c(s2)C(C#N)C=NC3Cl)cc1. The molecule has 0 aliphatic carbocycles. The van der Waals surface area contributed by atoms with Crippen molar-refractivity contribution in [2.24, 2.45) is 4.99 Å². The lowest BCUT2D eigenvalue weighted by molar-refractivity contribution is 0.590. The molecule has 2 nitrogen and oxygen atoms in total. The smallest absolute Gasteiger partial charge is 0.149 e. The third-order valence-corrected chi connectivity index (χ3v) is 5.50. The Kier molecular flexibility index (Phi) is 3.84. The van der Waals surface area contributed by atoms with Crippen molar-refractivity contribution in [3.05, 3.63) is 46.3 Å². The number of hydrogen-bond donors (Lipinski definition) is 0. The average Bonchev–Trinajstić information content (AvgIpc) is 2.93. The molecule has 0 N–H and O–H groups in total. The summed E-state index contributed by atoms with van der Waals surface area (Å²) in [5.74, 6) is -0.280. The quantitative estimate of drug-likeness (QED) is 0.492. The van der Waals surface area contributed by atoms with Crippen LogP contribution in [0, 0.1) is 11.3 Å². The summed E-state index contributed by atoms with van der Waals surface area (Å²) < 4.78 is 0. The Bertz CT molecular complexity index is 760. The van der Waals surface area contributed by atoms with Gasteiger partial charge in [0, 0.05) is 21.5 Å². The lowest BCUT2D eigenvalue weighted by Gasteiger charge is -2.18. The van der Waals surface area contributed by atoms with Crippen molar-refractivity contribution in [1.82, 2.24) is 0 Å². The van der Waals surface area contributed by atoms with E-state index in [9.17, 15) is 5.26 Å². The largest absolute Gasteiger partial charge is 0.271 e. The minimum absolute atomic E-state index is 0.147. The van der Waals surface area contributed by atoms with Crippen LogP contribution in [0.2, 0.25) is 0 Å². The van der Waals surface area contributed by atoms with Crippen LogP contribution in [-0.2, 0) is 5.41 Å². The van der Waals surface area contributed by atoms with Gasteiger partial charge in [0.1, 0.15) is 11.4 Å². The monoisotopic (exact) mass is 328 g/mol. The molecule has 0 bridgehead atoms. The van der Waals surface area contributed by atoms with Crippen LogP contribution in [0.15, 0.2) is 35.3 Å². The second kappa shape index (κ2) is 5.53. The fourth-order valence-corrected chi connectivity index (χ4v) is 4.04. The molecule has 0 amide bonds. The highest BCUT2D eigenvalue weighted by Crippen LogP contribution is 2.43. The molecule has 4 heteroatoms. The van der Waals surface area contributed by atoms with Crippen LogP contribution < -0.4 is 0 Å². The number of thiophene rings is 1. The van der Waals surface area contributed by atoms with Gasteiger partial charge in [-0.05, 0) is 22.6 Å². The molecule has 1 aromatic heterocycles. The van der Waals surface area contributed by atoms with Crippen LogP contribution in [0.25, 0.3) is 10.4 Å². The Morgan fingerprint density at radius 1 is 1.23 bits per heavy atom. The van der Waals surface area contributed by atoms with Gasteiger partial charge < -0.3 is 0 Å². The van der Waals surface area contributed by atoms with E-state index in [4.69, 9.17) is 11.6 Å². The van der Waals surface area contributed by atoms with E-state index in [2.05, 4.69) is 62.2 Å². The lowest BCUT2D eigenvalue weighted by Crippen LogP contribution is -2.10. The van der Waals surface area contributed by atoms with Crippen LogP contribution >= 0.6 is 22.9 Å². The molecule has 1 aliphatic heterocycles. The van der Waals surface area contributed by atoms with Gasteiger partial charge in [-0.15, -0.1) is 11.3 Å². The predicted octanol–water partition coefficient (Wildman–Crippen LogP) is 5.64. The number of alkyl halides is 1. The van der Waals surface area contributed by atoms with E-state index in [0.29, 0.717) is 0 Å². The molecule has 0 fully saturated rings. The first-order valence-corrected chi connectivity index (χ1v) is 8.47. The van der Waals surface area contributed by atoms with E-state index in [1.807, 2.05) is 0 Å². The van der Waals surface area contributed by atoms with E-state index in [0.717, 1.165) is 20.9 Å². The Morgan fingerprint density at radius 2 is 1.91 bits per heavy atom. The van der Waals surface area contributed by atoms with E-state index >= 15 is 0 Å². The first-order valence-electron chi connectivity index (χ1n) is 7.21. The van der Waals surface area contributed by atoms with Crippen molar-refractivity contribution in [2.45, 2.75) is 37.6 Å². The second-order valence-electron chi connectivity index (χ2n) is 6.50. The number of nitriles is 1. The van der Waals surface area contributed by atoms with Crippen molar-refractivity contribution in [1.29, 1.82) is 5.26 Å². The summed E-state index contributed by atoms with van der Waals surface area (Å²) in [5.41, 5.74) is 3.21. The zero-order valence-corrected chi connectivity index (χ0v) is 14.4. The zero-order chi connectivity index (χ0) is 15.9. The van der Waals surface area contributed by atoms with Crippen LogP contribution in [-0.4, -0.2) is 6.21 Å². The van der Waals surface area contributed by atoms with Crippen molar-refractivity contribution in [3.8, 4) is 16.5 Å². The van der Waals surface area contributed by atoms with Gasteiger partial charge in [-0.1, -0.05) is 56.6 Å². The topological polar surface area (TPSA) is 36.1 Å². The van der Waals surface area contributed by atoms with Crippen LogP contribution in [0.1, 0.15) is 48.2 Å². The van der Waals surface area contributed by atoms with Crippen molar-refractivity contribution < 1.29 is 0 Å². The molecular formula is C18H17ClN2S. The van der Waals surface area contributed by atoms with Gasteiger partial charge >= 0.3 is 0 Å². The van der Waals surface area contributed by atoms with Gasteiger partial charge in [-0.3, -0.25) is 4.99 Å². The predicted molar refractivity (Wildman–Crippen MR) is 93.9 cm³/mol. The Morgan fingerprint density at radius 3 is 2.50 bits per heavy atom. The normalized spacial score (nSPS) is 20.5. The molecule has 0 saturated carbocycles. The van der Waals surface area contributed by atoms with Crippen molar-refractivity contribution in [3.63, 3.8) is 0 Å². The summed E-state index contributed by atoms with van der Waals surface area (Å²) in [6.07, 6.45) is 1.66. The van der Waals surface area contributed by atoms with Gasteiger partial charge in [0.05, 0.1) is 6.07 Å². The van der Waals surface area contributed by atoms with Gasteiger partial charge in [0.15, 0.2) is 0 Å². The van der Waals surface area contributed by atoms with E-state index in [1.54, 1.807) is 17.6 Å². The minimum atomic E-state index is -0.376. The first-order chi connectivity index (χ1) is 10.4. The maximum absolute atomic E-state index is 9.25. The third kappa shape index (κ3) is 2.69. The molecule has 0 spiro atoms.